The Morgan fingerprint density at radius 3 is 3.20 bits per heavy atom. The fourth-order valence-corrected chi connectivity index (χ4v) is 1.84. The molecule has 0 N–H and O–H groups in total. The van der Waals surface area contributed by atoms with Crippen LogP contribution < -0.4 is 0 Å². The van der Waals surface area contributed by atoms with E-state index in [9.17, 15) is 4.79 Å². The Balaban J connectivity index is 2.35. The second-order valence-electron chi connectivity index (χ2n) is 4.11. The largest absolute Gasteiger partial charge is 0.370 e. The van der Waals surface area contributed by atoms with Crippen molar-refractivity contribution >= 4 is 6.29 Å². The minimum atomic E-state index is -0.0284. The van der Waals surface area contributed by atoms with Crippen LogP contribution in [0.5, 0.6) is 0 Å². The Bertz CT molecular complexity index is 262. The maximum absolute atomic E-state index is 10.4. The highest BCUT2D eigenvalue weighted by Gasteiger charge is 2.19. The molecule has 0 aromatic carbocycles. The van der Waals surface area contributed by atoms with Gasteiger partial charge in [0.25, 0.3) is 0 Å². The summed E-state index contributed by atoms with van der Waals surface area (Å²) in [7, 11) is 0. The van der Waals surface area contributed by atoms with Crippen LogP contribution in [0.15, 0.2) is 12.2 Å². The van der Waals surface area contributed by atoms with Gasteiger partial charge in [0.15, 0.2) is 0 Å². The van der Waals surface area contributed by atoms with Crippen molar-refractivity contribution in [2.75, 3.05) is 0 Å². The van der Waals surface area contributed by atoms with Crippen LogP contribution in [0.2, 0.25) is 0 Å². The lowest BCUT2D eigenvalue weighted by atomic mass is 9.97. The van der Waals surface area contributed by atoms with Crippen LogP contribution in [-0.2, 0) is 9.53 Å². The van der Waals surface area contributed by atoms with E-state index in [1.54, 1.807) is 0 Å². The zero-order chi connectivity index (χ0) is 11.1. The molecule has 1 aliphatic rings. The Kier molecular flexibility index (Phi) is 5.14. The topological polar surface area (TPSA) is 26.3 Å². The number of carbonyl (C=O) groups excluding carboxylic acids is 1. The third kappa shape index (κ3) is 4.31. The molecule has 0 fully saturated rings. The van der Waals surface area contributed by atoms with E-state index in [1.165, 1.54) is 0 Å². The monoisotopic (exact) mass is 206 g/mol. The van der Waals surface area contributed by atoms with E-state index >= 15 is 0 Å². The van der Waals surface area contributed by atoms with Crippen molar-refractivity contribution < 1.29 is 9.53 Å². The Morgan fingerprint density at radius 2 is 2.53 bits per heavy atom. The van der Waals surface area contributed by atoms with Crippen molar-refractivity contribution in [1.29, 1.82) is 0 Å². The molecule has 1 aliphatic heterocycles. The molecule has 0 aliphatic carbocycles. The third-order valence-electron chi connectivity index (χ3n) is 2.58. The van der Waals surface area contributed by atoms with Crippen LogP contribution in [0.4, 0.5) is 0 Å². The predicted molar refractivity (Wildman–Crippen MR) is 60.3 cm³/mol. The first-order valence-corrected chi connectivity index (χ1v) is 5.45. The van der Waals surface area contributed by atoms with E-state index in [0.29, 0.717) is 12.3 Å². The summed E-state index contributed by atoms with van der Waals surface area (Å²) in [4.78, 5) is 10.4. The van der Waals surface area contributed by atoms with Gasteiger partial charge in [0.05, 0.1) is 12.2 Å². The number of rotatable bonds is 5. The summed E-state index contributed by atoms with van der Waals surface area (Å²) in [5, 5.41) is 0. The smallest absolute Gasteiger partial charge is 0.122 e. The molecule has 82 valence electrons. The van der Waals surface area contributed by atoms with Crippen molar-refractivity contribution in [2.45, 2.75) is 44.8 Å². The first-order valence-electron chi connectivity index (χ1n) is 5.45. The standard InChI is InChI=1S/C13H18O2/c1-3-5-11(2)10-13-7-4-6-12(15-13)8-9-14/h1,4,6,9,11-13H,5,7-8,10H2,2H3/t11-,12-,13+/m0/s1. The number of aldehydes is 1. The van der Waals surface area contributed by atoms with E-state index in [1.807, 2.05) is 6.08 Å². The van der Waals surface area contributed by atoms with Crippen LogP contribution in [0.3, 0.4) is 0 Å². The molecule has 0 saturated heterocycles. The molecule has 3 atom stereocenters. The van der Waals surface area contributed by atoms with E-state index in [2.05, 4.69) is 18.9 Å². The number of carbonyl (C=O) groups is 1. The molecule has 2 heteroatoms. The minimum absolute atomic E-state index is 0.0284. The maximum Gasteiger partial charge on any atom is 0.122 e. The zero-order valence-corrected chi connectivity index (χ0v) is 9.19. The fraction of sp³-hybridized carbons (Fsp3) is 0.615. The Hall–Kier alpha value is -1.07. The second kappa shape index (κ2) is 6.42. The molecule has 0 unspecified atom stereocenters. The highest BCUT2D eigenvalue weighted by atomic mass is 16.5. The molecule has 15 heavy (non-hydrogen) atoms. The molecule has 0 amide bonds. The van der Waals surface area contributed by atoms with Crippen LogP contribution in [-0.4, -0.2) is 18.5 Å². The Morgan fingerprint density at radius 1 is 1.73 bits per heavy atom. The van der Waals surface area contributed by atoms with Gasteiger partial charge in [-0.15, -0.1) is 12.3 Å². The first-order chi connectivity index (χ1) is 7.26. The zero-order valence-electron chi connectivity index (χ0n) is 9.19. The summed E-state index contributed by atoms with van der Waals surface area (Å²) in [6.07, 6.45) is 13.6. The van der Waals surface area contributed by atoms with Gasteiger partial charge in [-0.25, -0.2) is 0 Å². The van der Waals surface area contributed by atoms with Gasteiger partial charge < -0.3 is 9.53 Å². The average molecular weight is 206 g/mol. The highest BCUT2D eigenvalue weighted by Crippen LogP contribution is 2.21. The summed E-state index contributed by atoms with van der Waals surface area (Å²) in [6, 6.07) is 0. The van der Waals surface area contributed by atoms with Gasteiger partial charge >= 0.3 is 0 Å². The van der Waals surface area contributed by atoms with Crippen molar-refractivity contribution in [1.82, 2.24) is 0 Å². The summed E-state index contributed by atoms with van der Waals surface area (Å²) in [5.74, 6) is 3.15. The van der Waals surface area contributed by atoms with Crippen LogP contribution in [0.1, 0.15) is 32.6 Å². The van der Waals surface area contributed by atoms with Crippen molar-refractivity contribution in [3.8, 4) is 12.3 Å². The van der Waals surface area contributed by atoms with Crippen molar-refractivity contribution in [3.63, 3.8) is 0 Å². The third-order valence-corrected chi connectivity index (χ3v) is 2.58. The summed E-state index contributed by atoms with van der Waals surface area (Å²) in [5.41, 5.74) is 0. The molecule has 0 radical (unpaired) electrons. The predicted octanol–water partition coefficient (Wildman–Crippen LogP) is 2.34. The molecule has 1 rings (SSSR count). The molecule has 2 nitrogen and oxygen atoms in total. The van der Waals surface area contributed by atoms with Crippen LogP contribution >= 0.6 is 0 Å². The summed E-state index contributed by atoms with van der Waals surface area (Å²) in [6.45, 7) is 2.14. The van der Waals surface area contributed by atoms with Gasteiger partial charge in [-0.3, -0.25) is 0 Å². The number of ether oxygens (including phenoxy) is 1. The minimum Gasteiger partial charge on any atom is -0.370 e. The van der Waals surface area contributed by atoms with Crippen LogP contribution in [0.25, 0.3) is 0 Å². The van der Waals surface area contributed by atoms with Gasteiger partial charge in [0, 0.05) is 12.8 Å². The molecular weight excluding hydrogens is 188 g/mol. The van der Waals surface area contributed by atoms with E-state index < -0.39 is 0 Å². The SMILES string of the molecule is C#CC[C@H](C)C[C@H]1CC=C[C@@H](CC=O)O1. The van der Waals surface area contributed by atoms with E-state index in [-0.39, 0.29) is 12.2 Å². The lowest BCUT2D eigenvalue weighted by Crippen LogP contribution is -2.26. The lowest BCUT2D eigenvalue weighted by molar-refractivity contribution is -0.111. The molecule has 0 bridgehead atoms. The van der Waals surface area contributed by atoms with Gasteiger partial charge in [-0.2, -0.15) is 0 Å². The summed E-state index contributed by atoms with van der Waals surface area (Å²) < 4.78 is 5.76. The van der Waals surface area contributed by atoms with E-state index in [0.717, 1.165) is 25.5 Å². The maximum atomic E-state index is 10.4. The molecular formula is C13H18O2. The van der Waals surface area contributed by atoms with Gasteiger partial charge in [-0.1, -0.05) is 19.1 Å². The lowest BCUT2D eigenvalue weighted by Gasteiger charge is -2.26. The highest BCUT2D eigenvalue weighted by molar-refractivity contribution is 5.50. The summed E-state index contributed by atoms with van der Waals surface area (Å²) >= 11 is 0. The van der Waals surface area contributed by atoms with Gasteiger partial charge in [0.2, 0.25) is 0 Å². The van der Waals surface area contributed by atoms with Crippen molar-refractivity contribution in [2.24, 2.45) is 5.92 Å². The first kappa shape index (κ1) is 12.0. The quantitative estimate of drug-likeness (QED) is 0.392. The second-order valence-corrected chi connectivity index (χ2v) is 4.11. The fourth-order valence-electron chi connectivity index (χ4n) is 1.84. The van der Waals surface area contributed by atoms with E-state index in [4.69, 9.17) is 11.2 Å². The molecule has 0 saturated carbocycles. The molecule has 0 aromatic rings. The van der Waals surface area contributed by atoms with Gasteiger partial charge in [0.1, 0.15) is 6.29 Å². The average Bonchev–Trinajstić information content (AvgIpc) is 2.19. The number of terminal acetylenes is 1. The normalized spacial score (nSPS) is 26.9. The molecule has 0 spiro atoms. The Labute approximate surface area is 91.7 Å². The molecule has 1 heterocycles. The van der Waals surface area contributed by atoms with Crippen LogP contribution in [0, 0.1) is 18.3 Å². The van der Waals surface area contributed by atoms with Gasteiger partial charge in [-0.05, 0) is 18.8 Å². The number of hydrogen-bond acceptors (Lipinski definition) is 2. The molecule has 0 aromatic heterocycles. The number of hydrogen-bond donors (Lipinski definition) is 0. The van der Waals surface area contributed by atoms with Crippen molar-refractivity contribution in [3.05, 3.63) is 12.2 Å².